The van der Waals surface area contributed by atoms with Crippen molar-refractivity contribution in [3.05, 3.63) is 23.7 Å². The summed E-state index contributed by atoms with van der Waals surface area (Å²) in [6, 6.07) is 2.56. The molecule has 6 heteroatoms. The van der Waals surface area contributed by atoms with Crippen molar-refractivity contribution < 1.29 is 4.74 Å². The van der Waals surface area contributed by atoms with Gasteiger partial charge in [0.2, 0.25) is 0 Å². The van der Waals surface area contributed by atoms with E-state index in [1.54, 1.807) is 6.33 Å². The second-order valence-corrected chi connectivity index (χ2v) is 7.36. The predicted octanol–water partition coefficient (Wildman–Crippen LogP) is 2.70. The third-order valence-corrected chi connectivity index (χ3v) is 5.34. The van der Waals surface area contributed by atoms with Gasteiger partial charge < -0.3 is 15.0 Å². The van der Waals surface area contributed by atoms with Crippen molar-refractivity contribution in [2.75, 3.05) is 31.6 Å². The van der Waals surface area contributed by atoms with E-state index in [0.717, 1.165) is 61.6 Å². The Morgan fingerprint density at radius 1 is 1.20 bits per heavy atom. The Kier molecular flexibility index (Phi) is 4.81. The number of pyridine rings is 1. The van der Waals surface area contributed by atoms with Gasteiger partial charge in [0, 0.05) is 38.0 Å². The van der Waals surface area contributed by atoms with Crippen molar-refractivity contribution in [2.24, 2.45) is 0 Å². The van der Waals surface area contributed by atoms with Crippen molar-refractivity contribution in [3.8, 4) is 0 Å². The highest BCUT2D eigenvalue weighted by atomic mass is 16.5. The first-order valence-corrected chi connectivity index (χ1v) is 9.38. The summed E-state index contributed by atoms with van der Waals surface area (Å²) < 4.78 is 5.77. The van der Waals surface area contributed by atoms with E-state index in [0.29, 0.717) is 12.1 Å². The Balaban J connectivity index is 1.41. The van der Waals surface area contributed by atoms with Crippen LogP contribution in [0.25, 0.3) is 11.0 Å². The van der Waals surface area contributed by atoms with Gasteiger partial charge in [0.25, 0.3) is 0 Å². The molecule has 1 N–H and O–H groups in total. The van der Waals surface area contributed by atoms with Gasteiger partial charge in [-0.05, 0) is 51.2 Å². The van der Waals surface area contributed by atoms with Crippen LogP contribution in [0.4, 0.5) is 5.82 Å². The number of rotatable bonds is 4. The van der Waals surface area contributed by atoms with Crippen LogP contribution in [0.1, 0.15) is 36.9 Å². The molecule has 2 aliphatic rings. The van der Waals surface area contributed by atoms with Crippen LogP contribution in [-0.2, 0) is 4.74 Å². The molecule has 0 spiro atoms. The lowest BCUT2D eigenvalue weighted by Crippen LogP contribution is -2.42. The average Bonchev–Trinajstić information content (AvgIpc) is 3.09. The van der Waals surface area contributed by atoms with Crippen LogP contribution in [0.5, 0.6) is 0 Å². The summed E-state index contributed by atoms with van der Waals surface area (Å²) in [5.74, 6) is 0.924. The van der Waals surface area contributed by atoms with Crippen molar-refractivity contribution in [1.29, 1.82) is 0 Å². The second kappa shape index (κ2) is 7.22. The Bertz CT molecular complexity index is 736. The standard InChI is InChI=1S/C19H27N5O/c1-13-10-14(2)22-18-17(13)19(21-12-20-18)23-15-5-7-24(8-6-15)11-16-4-3-9-25-16/h10,12,15-16H,3-9,11H2,1-2H3,(H,20,21,22,23). The largest absolute Gasteiger partial charge is 0.377 e. The van der Waals surface area contributed by atoms with Crippen LogP contribution in [0.2, 0.25) is 0 Å². The average molecular weight is 341 g/mol. The van der Waals surface area contributed by atoms with Crippen LogP contribution in [0.3, 0.4) is 0 Å². The lowest BCUT2D eigenvalue weighted by molar-refractivity contribution is 0.0654. The van der Waals surface area contributed by atoms with E-state index >= 15 is 0 Å². The van der Waals surface area contributed by atoms with Gasteiger partial charge in [-0.25, -0.2) is 15.0 Å². The minimum absolute atomic E-state index is 0.451. The zero-order valence-corrected chi connectivity index (χ0v) is 15.2. The number of aromatic nitrogens is 3. The summed E-state index contributed by atoms with van der Waals surface area (Å²) in [5, 5.41) is 4.70. The molecule has 134 valence electrons. The molecule has 0 bridgehead atoms. The molecular weight excluding hydrogens is 314 g/mol. The van der Waals surface area contributed by atoms with Crippen molar-refractivity contribution in [1.82, 2.24) is 19.9 Å². The van der Waals surface area contributed by atoms with Gasteiger partial charge in [0.05, 0.1) is 11.5 Å². The number of anilines is 1. The van der Waals surface area contributed by atoms with Gasteiger partial charge in [0.1, 0.15) is 12.1 Å². The number of likely N-dealkylation sites (tertiary alicyclic amines) is 1. The fourth-order valence-electron chi connectivity index (χ4n) is 4.05. The van der Waals surface area contributed by atoms with E-state index < -0.39 is 0 Å². The summed E-state index contributed by atoms with van der Waals surface area (Å²) in [4.78, 5) is 15.9. The lowest BCUT2D eigenvalue weighted by Gasteiger charge is -2.34. The molecule has 0 aliphatic carbocycles. The molecule has 2 fully saturated rings. The molecular formula is C19H27N5O. The molecule has 0 amide bonds. The molecule has 0 aromatic carbocycles. The summed E-state index contributed by atoms with van der Waals surface area (Å²) in [7, 11) is 0. The predicted molar refractivity (Wildman–Crippen MR) is 98.9 cm³/mol. The van der Waals surface area contributed by atoms with Crippen molar-refractivity contribution in [3.63, 3.8) is 0 Å². The van der Waals surface area contributed by atoms with Crippen LogP contribution in [0.15, 0.2) is 12.4 Å². The normalized spacial score (nSPS) is 22.6. The zero-order chi connectivity index (χ0) is 17.2. The molecule has 2 aliphatic heterocycles. The molecule has 2 aromatic heterocycles. The fraction of sp³-hybridized carbons (Fsp3) is 0.632. The number of piperidine rings is 1. The number of fused-ring (bicyclic) bond motifs is 1. The van der Waals surface area contributed by atoms with Crippen molar-refractivity contribution >= 4 is 16.9 Å². The Morgan fingerprint density at radius 3 is 2.80 bits per heavy atom. The molecule has 4 heterocycles. The third kappa shape index (κ3) is 3.75. The number of nitrogens with one attached hydrogen (secondary N) is 1. The topological polar surface area (TPSA) is 63.2 Å². The maximum Gasteiger partial charge on any atom is 0.165 e. The van der Waals surface area contributed by atoms with Crippen LogP contribution in [-0.4, -0.2) is 58.2 Å². The number of nitrogens with zero attached hydrogens (tertiary/aromatic N) is 4. The van der Waals surface area contributed by atoms with E-state index in [1.807, 2.05) is 6.92 Å². The number of aryl methyl sites for hydroxylation is 2. The molecule has 1 unspecified atom stereocenters. The molecule has 0 saturated carbocycles. The summed E-state index contributed by atoms with van der Waals surface area (Å²) >= 11 is 0. The van der Waals surface area contributed by atoms with E-state index in [1.165, 1.54) is 18.4 Å². The first-order chi connectivity index (χ1) is 12.2. The van der Waals surface area contributed by atoms with Gasteiger partial charge in [-0.2, -0.15) is 0 Å². The Morgan fingerprint density at radius 2 is 2.04 bits per heavy atom. The highest BCUT2D eigenvalue weighted by molar-refractivity contribution is 5.89. The van der Waals surface area contributed by atoms with Gasteiger partial charge in [0.15, 0.2) is 5.65 Å². The lowest BCUT2D eigenvalue weighted by atomic mass is 10.0. The smallest absolute Gasteiger partial charge is 0.165 e. The monoisotopic (exact) mass is 341 g/mol. The zero-order valence-electron chi connectivity index (χ0n) is 15.2. The maximum absolute atomic E-state index is 5.77. The SMILES string of the molecule is Cc1cc(C)c2c(NC3CCN(CC4CCCO4)CC3)ncnc2n1. The van der Waals surface area contributed by atoms with Crippen molar-refractivity contribution in [2.45, 2.75) is 51.7 Å². The number of hydrogen-bond donors (Lipinski definition) is 1. The van der Waals surface area contributed by atoms with Gasteiger partial charge in [-0.15, -0.1) is 0 Å². The minimum Gasteiger partial charge on any atom is -0.377 e. The molecule has 2 aromatic rings. The molecule has 0 radical (unpaired) electrons. The summed E-state index contributed by atoms with van der Waals surface area (Å²) in [6.45, 7) is 8.39. The van der Waals surface area contributed by atoms with Gasteiger partial charge in [-0.1, -0.05) is 0 Å². The van der Waals surface area contributed by atoms with Crippen LogP contribution in [0, 0.1) is 13.8 Å². The van der Waals surface area contributed by atoms with E-state index in [4.69, 9.17) is 4.74 Å². The van der Waals surface area contributed by atoms with Crippen LogP contribution >= 0.6 is 0 Å². The summed E-state index contributed by atoms with van der Waals surface area (Å²) in [6.07, 6.45) is 6.77. The third-order valence-electron chi connectivity index (χ3n) is 5.34. The number of hydrogen-bond acceptors (Lipinski definition) is 6. The second-order valence-electron chi connectivity index (χ2n) is 7.36. The minimum atomic E-state index is 0.451. The van der Waals surface area contributed by atoms with Gasteiger partial charge >= 0.3 is 0 Å². The quantitative estimate of drug-likeness (QED) is 0.922. The molecule has 6 nitrogen and oxygen atoms in total. The molecule has 2 saturated heterocycles. The number of ether oxygens (including phenoxy) is 1. The highest BCUT2D eigenvalue weighted by Crippen LogP contribution is 2.25. The first kappa shape index (κ1) is 16.7. The van der Waals surface area contributed by atoms with E-state index in [9.17, 15) is 0 Å². The van der Waals surface area contributed by atoms with E-state index in [-0.39, 0.29) is 0 Å². The first-order valence-electron chi connectivity index (χ1n) is 9.38. The Hall–Kier alpha value is -1.79. The highest BCUT2D eigenvalue weighted by Gasteiger charge is 2.24. The summed E-state index contributed by atoms with van der Waals surface area (Å²) in [5.41, 5.74) is 2.96. The van der Waals surface area contributed by atoms with Gasteiger partial charge in [-0.3, -0.25) is 0 Å². The molecule has 4 rings (SSSR count). The maximum atomic E-state index is 5.77. The Labute approximate surface area is 149 Å². The molecule has 1 atom stereocenters. The fourth-order valence-corrected chi connectivity index (χ4v) is 4.05. The molecule has 25 heavy (non-hydrogen) atoms. The van der Waals surface area contributed by atoms with Crippen LogP contribution < -0.4 is 5.32 Å². The van der Waals surface area contributed by atoms with E-state index in [2.05, 4.69) is 38.2 Å².